The number of likely N-dealkylation sites (tertiary alicyclic amines) is 1. The molecule has 2 saturated heterocycles. The van der Waals surface area contributed by atoms with Crippen LogP contribution in [0.2, 0.25) is 0 Å². The zero-order valence-electron chi connectivity index (χ0n) is 22.0. The number of hydrogen-bond donors (Lipinski definition) is 1. The minimum Gasteiger partial charge on any atom is -0.369 e. The number of hydrogen-bond acceptors (Lipinski definition) is 7. The molecule has 1 atom stereocenters. The second-order valence-corrected chi connectivity index (χ2v) is 12.1. The van der Waals surface area contributed by atoms with Crippen molar-refractivity contribution < 1.29 is 18.0 Å². The average molecular weight is 568 g/mol. The number of nitrogens with two attached hydrogens (primary N) is 1. The lowest BCUT2D eigenvalue weighted by atomic mass is 9.86. The van der Waals surface area contributed by atoms with Crippen molar-refractivity contribution in [1.82, 2.24) is 19.4 Å². The summed E-state index contributed by atoms with van der Waals surface area (Å²) in [6.45, 7) is 5.06. The monoisotopic (exact) mass is 567 g/mol. The minimum atomic E-state index is -4.41. The zero-order valence-corrected chi connectivity index (χ0v) is 22.8. The van der Waals surface area contributed by atoms with Gasteiger partial charge in [-0.15, -0.1) is 11.3 Å². The van der Waals surface area contributed by atoms with Gasteiger partial charge in [-0.25, -0.2) is 9.97 Å². The lowest BCUT2D eigenvalue weighted by Crippen LogP contribution is -2.31. The topological polar surface area (TPSA) is 104 Å². The number of halogens is 3. The number of carbonyl (C=O) groups is 1. The third-order valence-electron chi connectivity index (χ3n) is 8.28. The maximum atomic E-state index is 13.2. The third-order valence-corrected chi connectivity index (χ3v) is 9.32. The number of carbonyl (C=O) groups excluding carboxylic acids is 1. The number of primary amides is 1. The van der Waals surface area contributed by atoms with Crippen molar-refractivity contribution in [3.8, 4) is 6.07 Å². The molecule has 2 aliphatic heterocycles. The second kappa shape index (κ2) is 9.74. The van der Waals surface area contributed by atoms with E-state index >= 15 is 0 Å². The van der Waals surface area contributed by atoms with Crippen LogP contribution in [0, 0.1) is 23.7 Å². The molecule has 1 unspecified atom stereocenters. The number of fused-ring (bicyclic) bond motifs is 2. The molecule has 0 bridgehead atoms. The molecule has 3 aromatic heterocycles. The van der Waals surface area contributed by atoms with Crippen LogP contribution in [0.15, 0.2) is 30.6 Å². The van der Waals surface area contributed by atoms with Gasteiger partial charge < -0.3 is 15.2 Å². The molecular formula is C28H28F3N7OS. The number of amides is 1. The van der Waals surface area contributed by atoms with Crippen LogP contribution in [0.25, 0.3) is 21.1 Å². The molecule has 8 nitrogen and oxygen atoms in total. The smallest absolute Gasteiger partial charge is 0.369 e. The van der Waals surface area contributed by atoms with Gasteiger partial charge in [-0.1, -0.05) is 6.07 Å². The highest BCUT2D eigenvalue weighted by atomic mass is 32.1. The molecular weight excluding hydrogens is 539 g/mol. The Morgan fingerprint density at radius 3 is 2.73 bits per heavy atom. The molecule has 4 aromatic rings. The zero-order chi connectivity index (χ0) is 28.2. The quantitative estimate of drug-likeness (QED) is 0.368. The number of anilines is 1. The summed E-state index contributed by atoms with van der Waals surface area (Å²) in [5.74, 6) is 0.524. The van der Waals surface area contributed by atoms with Gasteiger partial charge in [0.25, 0.3) is 0 Å². The summed E-state index contributed by atoms with van der Waals surface area (Å²) in [6, 6.07) is 9.07. The Hall–Kier alpha value is -3.69. The van der Waals surface area contributed by atoms with Crippen molar-refractivity contribution in [2.24, 2.45) is 11.1 Å². The molecule has 1 amide bonds. The number of nitrogens with zero attached hydrogens (tertiary/aromatic N) is 6. The molecule has 5 heterocycles. The van der Waals surface area contributed by atoms with Gasteiger partial charge in [0.2, 0.25) is 5.91 Å². The highest BCUT2D eigenvalue weighted by molar-refractivity contribution is 7.18. The van der Waals surface area contributed by atoms with Gasteiger partial charge in [0.15, 0.2) is 0 Å². The lowest BCUT2D eigenvalue weighted by Gasteiger charge is -2.25. The van der Waals surface area contributed by atoms with Crippen LogP contribution in [0.3, 0.4) is 0 Å². The number of aryl methyl sites for hydroxylation is 1. The van der Waals surface area contributed by atoms with E-state index in [0.717, 1.165) is 75.6 Å². The number of nitriles is 1. The molecule has 0 saturated carbocycles. The molecule has 1 aromatic carbocycles. The largest absolute Gasteiger partial charge is 0.406 e. The van der Waals surface area contributed by atoms with E-state index in [-0.39, 0.29) is 23.4 Å². The summed E-state index contributed by atoms with van der Waals surface area (Å²) in [5.41, 5.74) is 7.94. The third kappa shape index (κ3) is 4.88. The Labute approximate surface area is 232 Å². The van der Waals surface area contributed by atoms with E-state index in [4.69, 9.17) is 5.73 Å². The normalized spacial score (nSPS) is 19.8. The first-order chi connectivity index (χ1) is 19.0. The summed E-state index contributed by atoms with van der Waals surface area (Å²) in [6.07, 6.45) is -0.550. The van der Waals surface area contributed by atoms with E-state index in [1.807, 2.05) is 25.1 Å². The fourth-order valence-electron chi connectivity index (χ4n) is 6.39. The van der Waals surface area contributed by atoms with E-state index in [9.17, 15) is 23.2 Å². The van der Waals surface area contributed by atoms with E-state index in [2.05, 4.69) is 19.8 Å². The van der Waals surface area contributed by atoms with Crippen LogP contribution in [0.1, 0.15) is 34.5 Å². The van der Waals surface area contributed by atoms with Crippen LogP contribution in [-0.4, -0.2) is 57.7 Å². The summed E-state index contributed by atoms with van der Waals surface area (Å²) < 4.78 is 40.5. The van der Waals surface area contributed by atoms with Gasteiger partial charge in [-0.3, -0.25) is 9.69 Å². The Morgan fingerprint density at radius 1 is 1.18 bits per heavy atom. The predicted molar refractivity (Wildman–Crippen MR) is 147 cm³/mol. The molecule has 40 heavy (non-hydrogen) atoms. The van der Waals surface area contributed by atoms with Crippen molar-refractivity contribution in [3.63, 3.8) is 0 Å². The van der Waals surface area contributed by atoms with E-state index in [1.165, 1.54) is 11.3 Å². The van der Waals surface area contributed by atoms with E-state index in [1.54, 1.807) is 18.5 Å². The predicted octanol–water partition coefficient (Wildman–Crippen LogP) is 4.52. The SMILES string of the molecule is Cc1c(CN2CCC3(CCN(c4ncnc5sc(CC(N)=O)cc45)C3)C2)ccc2c1cc(C#N)n2CC(F)(F)F. The lowest BCUT2D eigenvalue weighted by molar-refractivity contribution is -0.140. The van der Waals surface area contributed by atoms with Gasteiger partial charge in [0, 0.05) is 47.4 Å². The summed E-state index contributed by atoms with van der Waals surface area (Å²) in [4.78, 5) is 26.9. The second-order valence-electron chi connectivity index (χ2n) is 11.0. The van der Waals surface area contributed by atoms with Gasteiger partial charge in [0.05, 0.1) is 11.8 Å². The number of aromatic nitrogens is 3. The first-order valence-electron chi connectivity index (χ1n) is 13.1. The highest BCUT2D eigenvalue weighted by Crippen LogP contribution is 2.43. The Kier molecular flexibility index (Phi) is 6.46. The van der Waals surface area contributed by atoms with Gasteiger partial charge in [-0.05, 0) is 55.6 Å². The molecule has 2 N–H and O–H groups in total. The summed E-state index contributed by atoms with van der Waals surface area (Å²) in [7, 11) is 0. The Bertz CT molecular complexity index is 1670. The molecule has 2 aliphatic rings. The fraction of sp³-hybridized carbons (Fsp3) is 0.429. The van der Waals surface area contributed by atoms with Crippen molar-refractivity contribution in [2.45, 2.75) is 45.5 Å². The van der Waals surface area contributed by atoms with E-state index < -0.39 is 12.7 Å². The van der Waals surface area contributed by atoms with Crippen LogP contribution < -0.4 is 10.6 Å². The van der Waals surface area contributed by atoms with Gasteiger partial charge >= 0.3 is 6.18 Å². The average Bonchev–Trinajstić information content (AvgIpc) is 3.66. The van der Waals surface area contributed by atoms with Gasteiger partial charge in [0.1, 0.15) is 35.3 Å². The maximum Gasteiger partial charge on any atom is 0.406 e. The first kappa shape index (κ1) is 26.5. The van der Waals surface area contributed by atoms with Crippen molar-refractivity contribution in [1.29, 1.82) is 5.26 Å². The Morgan fingerprint density at radius 2 is 1.98 bits per heavy atom. The molecule has 0 aliphatic carbocycles. The summed E-state index contributed by atoms with van der Waals surface area (Å²) in [5, 5.41) is 11.1. The fourth-order valence-corrected chi connectivity index (χ4v) is 7.39. The van der Waals surface area contributed by atoms with Crippen LogP contribution >= 0.6 is 11.3 Å². The number of alkyl halides is 3. The standard InChI is InChI=1S/C28H28F3N7OS/c1-17-18(2-3-23-21(17)8-19(11-32)38(23)15-28(29,30)31)12-36-6-4-27(13-36)5-7-37(14-27)25-22-9-20(10-24(33)39)40-26(22)35-16-34-25/h2-3,8-9,16H,4-7,10,12-15H2,1H3,(H2,33,39). The first-order valence-corrected chi connectivity index (χ1v) is 13.9. The molecule has 2 fully saturated rings. The molecule has 1 spiro atoms. The van der Waals surface area contributed by atoms with Crippen LogP contribution in [0.5, 0.6) is 0 Å². The summed E-state index contributed by atoms with van der Waals surface area (Å²) >= 11 is 1.47. The van der Waals surface area contributed by atoms with Crippen molar-refractivity contribution in [3.05, 3.63) is 52.3 Å². The minimum absolute atomic E-state index is 0.0185. The van der Waals surface area contributed by atoms with E-state index in [0.29, 0.717) is 17.4 Å². The van der Waals surface area contributed by atoms with Crippen molar-refractivity contribution >= 4 is 44.2 Å². The highest BCUT2D eigenvalue weighted by Gasteiger charge is 2.44. The molecule has 12 heteroatoms. The number of rotatable bonds is 6. The maximum absolute atomic E-state index is 13.2. The number of benzene rings is 1. The molecule has 208 valence electrons. The van der Waals surface area contributed by atoms with Gasteiger partial charge in [-0.2, -0.15) is 18.4 Å². The van der Waals surface area contributed by atoms with Crippen LogP contribution in [-0.2, 0) is 24.3 Å². The van der Waals surface area contributed by atoms with Crippen molar-refractivity contribution in [2.75, 3.05) is 31.1 Å². The molecule has 6 rings (SSSR count). The van der Waals surface area contributed by atoms with Crippen LogP contribution in [0.4, 0.5) is 19.0 Å². The molecule has 0 radical (unpaired) electrons. The number of thiophene rings is 1. The Balaban J connectivity index is 1.18.